The predicted molar refractivity (Wildman–Crippen MR) is 78.7 cm³/mol. The van der Waals surface area contributed by atoms with Crippen LogP contribution in [0.25, 0.3) is 0 Å². The highest BCUT2D eigenvalue weighted by molar-refractivity contribution is 5.85. The van der Waals surface area contributed by atoms with Crippen molar-refractivity contribution in [3.8, 4) is 0 Å². The van der Waals surface area contributed by atoms with E-state index >= 15 is 0 Å². The van der Waals surface area contributed by atoms with Gasteiger partial charge in [-0.25, -0.2) is 0 Å². The molecule has 1 aliphatic carbocycles. The summed E-state index contributed by atoms with van der Waals surface area (Å²) in [7, 11) is 0. The molecule has 0 radical (unpaired) electrons. The highest BCUT2D eigenvalue weighted by atomic mass is 16.4. The van der Waals surface area contributed by atoms with Gasteiger partial charge in [-0.2, -0.15) is 0 Å². The molecule has 0 heterocycles. The van der Waals surface area contributed by atoms with Crippen LogP contribution in [0.5, 0.6) is 0 Å². The van der Waals surface area contributed by atoms with Crippen LogP contribution in [0.3, 0.4) is 0 Å². The number of nitrogens with one attached hydrogen (secondary N) is 2. The molecule has 6 heteroatoms. The van der Waals surface area contributed by atoms with E-state index in [2.05, 4.69) is 10.6 Å². The molecule has 1 rings (SSSR count). The Morgan fingerprint density at radius 1 is 1.05 bits per heavy atom. The number of carbonyl (C=O) groups excluding carboxylic acids is 2. The minimum Gasteiger partial charge on any atom is -0.481 e. The molecule has 1 aliphatic rings. The second-order valence-corrected chi connectivity index (χ2v) is 5.64. The van der Waals surface area contributed by atoms with E-state index in [0.717, 1.165) is 32.1 Å². The number of rotatable bonds is 6. The molecule has 1 fully saturated rings. The lowest BCUT2D eigenvalue weighted by Crippen LogP contribution is -2.47. The lowest BCUT2D eigenvalue weighted by atomic mass is 9.87. The van der Waals surface area contributed by atoms with Gasteiger partial charge in [0.25, 0.3) is 0 Å². The van der Waals surface area contributed by atoms with Crippen LogP contribution in [-0.2, 0) is 14.4 Å². The molecular formula is C15H26N2O4. The summed E-state index contributed by atoms with van der Waals surface area (Å²) < 4.78 is 0. The second-order valence-electron chi connectivity index (χ2n) is 5.64. The summed E-state index contributed by atoms with van der Waals surface area (Å²) in [5, 5.41) is 14.6. The number of carboxylic acid groups (broad SMARTS) is 1. The fraction of sp³-hybridized carbons (Fsp3) is 0.800. The summed E-state index contributed by atoms with van der Waals surface area (Å²) in [6.45, 7) is 1.81. The first-order valence-corrected chi connectivity index (χ1v) is 7.83. The SMILES string of the molecule is CCCC(=O)NCC(=O)NC1CCCCCCC1C(=O)O. The Bertz CT molecular complexity index is 371. The first kappa shape index (κ1) is 17.5. The molecule has 2 atom stereocenters. The van der Waals surface area contributed by atoms with Gasteiger partial charge in [-0.05, 0) is 19.3 Å². The first-order chi connectivity index (χ1) is 10.0. The Morgan fingerprint density at radius 3 is 2.33 bits per heavy atom. The molecule has 120 valence electrons. The fourth-order valence-electron chi connectivity index (χ4n) is 2.70. The van der Waals surface area contributed by atoms with Crippen LogP contribution in [0.15, 0.2) is 0 Å². The Labute approximate surface area is 125 Å². The van der Waals surface area contributed by atoms with Gasteiger partial charge in [0.1, 0.15) is 0 Å². The van der Waals surface area contributed by atoms with Crippen LogP contribution in [0.2, 0.25) is 0 Å². The van der Waals surface area contributed by atoms with Crippen molar-refractivity contribution in [2.75, 3.05) is 6.54 Å². The third-order valence-electron chi connectivity index (χ3n) is 3.85. The Hall–Kier alpha value is -1.59. The van der Waals surface area contributed by atoms with E-state index in [1.807, 2.05) is 6.92 Å². The van der Waals surface area contributed by atoms with Crippen LogP contribution in [-0.4, -0.2) is 35.5 Å². The number of amides is 2. The molecule has 0 aromatic rings. The number of carboxylic acids is 1. The highest BCUT2D eigenvalue weighted by Gasteiger charge is 2.29. The van der Waals surface area contributed by atoms with Crippen molar-refractivity contribution < 1.29 is 19.5 Å². The van der Waals surface area contributed by atoms with E-state index in [-0.39, 0.29) is 24.4 Å². The summed E-state index contributed by atoms with van der Waals surface area (Å²) in [6, 6.07) is -0.335. The summed E-state index contributed by atoms with van der Waals surface area (Å²) in [6.07, 6.45) is 6.36. The van der Waals surface area contributed by atoms with Crippen molar-refractivity contribution in [3.63, 3.8) is 0 Å². The summed E-state index contributed by atoms with van der Waals surface area (Å²) in [4.78, 5) is 34.5. The maximum absolute atomic E-state index is 11.9. The number of hydrogen-bond donors (Lipinski definition) is 3. The molecule has 0 aliphatic heterocycles. The van der Waals surface area contributed by atoms with E-state index in [0.29, 0.717) is 19.3 Å². The number of carbonyl (C=O) groups is 3. The summed E-state index contributed by atoms with van der Waals surface area (Å²) in [5.41, 5.74) is 0. The first-order valence-electron chi connectivity index (χ1n) is 7.83. The van der Waals surface area contributed by atoms with Crippen molar-refractivity contribution in [2.45, 2.75) is 64.3 Å². The molecule has 0 bridgehead atoms. The van der Waals surface area contributed by atoms with Crippen LogP contribution in [0.4, 0.5) is 0 Å². The van der Waals surface area contributed by atoms with Gasteiger partial charge in [0.05, 0.1) is 12.5 Å². The van der Waals surface area contributed by atoms with Crippen LogP contribution in [0.1, 0.15) is 58.3 Å². The van der Waals surface area contributed by atoms with Gasteiger partial charge < -0.3 is 15.7 Å². The molecule has 2 unspecified atom stereocenters. The van der Waals surface area contributed by atoms with E-state index < -0.39 is 11.9 Å². The van der Waals surface area contributed by atoms with Crippen molar-refractivity contribution in [3.05, 3.63) is 0 Å². The zero-order chi connectivity index (χ0) is 15.7. The summed E-state index contributed by atoms with van der Waals surface area (Å²) in [5.74, 6) is -1.84. The molecule has 0 aromatic carbocycles. The van der Waals surface area contributed by atoms with Gasteiger partial charge in [0.15, 0.2) is 0 Å². The maximum Gasteiger partial charge on any atom is 0.308 e. The fourth-order valence-corrected chi connectivity index (χ4v) is 2.70. The highest BCUT2D eigenvalue weighted by Crippen LogP contribution is 2.23. The molecule has 1 saturated carbocycles. The monoisotopic (exact) mass is 298 g/mol. The number of aliphatic carboxylic acids is 1. The van der Waals surface area contributed by atoms with E-state index in [1.165, 1.54) is 0 Å². The third kappa shape index (κ3) is 6.60. The van der Waals surface area contributed by atoms with Gasteiger partial charge in [-0.3, -0.25) is 14.4 Å². The third-order valence-corrected chi connectivity index (χ3v) is 3.85. The zero-order valence-electron chi connectivity index (χ0n) is 12.7. The van der Waals surface area contributed by atoms with Crippen molar-refractivity contribution in [1.29, 1.82) is 0 Å². The van der Waals surface area contributed by atoms with Crippen LogP contribution < -0.4 is 10.6 Å². The predicted octanol–water partition coefficient (Wildman–Crippen LogP) is 1.44. The molecule has 0 spiro atoms. The Morgan fingerprint density at radius 2 is 1.71 bits per heavy atom. The Balaban J connectivity index is 2.48. The molecular weight excluding hydrogens is 272 g/mol. The smallest absolute Gasteiger partial charge is 0.308 e. The second kappa shape index (κ2) is 9.37. The van der Waals surface area contributed by atoms with E-state index in [1.54, 1.807) is 0 Å². The van der Waals surface area contributed by atoms with Crippen LogP contribution in [0, 0.1) is 5.92 Å². The molecule has 2 amide bonds. The average Bonchev–Trinajstić information content (AvgIpc) is 2.39. The molecule has 6 nitrogen and oxygen atoms in total. The zero-order valence-corrected chi connectivity index (χ0v) is 12.7. The standard InChI is InChI=1S/C15H26N2O4/c1-2-7-13(18)16-10-14(19)17-12-9-6-4-3-5-8-11(12)15(20)21/h11-12H,2-10H2,1H3,(H,16,18)(H,17,19)(H,20,21). The average molecular weight is 298 g/mol. The normalized spacial score (nSPS) is 22.7. The molecule has 3 N–H and O–H groups in total. The minimum atomic E-state index is -0.850. The van der Waals surface area contributed by atoms with Crippen molar-refractivity contribution in [1.82, 2.24) is 10.6 Å². The van der Waals surface area contributed by atoms with Gasteiger partial charge in [0, 0.05) is 12.5 Å². The topological polar surface area (TPSA) is 95.5 Å². The van der Waals surface area contributed by atoms with Gasteiger partial charge in [-0.15, -0.1) is 0 Å². The van der Waals surface area contributed by atoms with E-state index in [9.17, 15) is 19.5 Å². The lowest BCUT2D eigenvalue weighted by Gasteiger charge is -2.27. The Kier molecular flexibility index (Phi) is 7.79. The van der Waals surface area contributed by atoms with Crippen LogP contribution >= 0.6 is 0 Å². The quantitative estimate of drug-likeness (QED) is 0.691. The van der Waals surface area contributed by atoms with Crippen molar-refractivity contribution in [2.24, 2.45) is 5.92 Å². The van der Waals surface area contributed by atoms with Gasteiger partial charge >= 0.3 is 5.97 Å². The maximum atomic E-state index is 11.9. The van der Waals surface area contributed by atoms with Gasteiger partial charge in [0.2, 0.25) is 11.8 Å². The molecule has 0 aromatic heterocycles. The molecule has 21 heavy (non-hydrogen) atoms. The lowest BCUT2D eigenvalue weighted by molar-refractivity contribution is -0.143. The summed E-state index contributed by atoms with van der Waals surface area (Å²) >= 11 is 0. The van der Waals surface area contributed by atoms with E-state index in [4.69, 9.17) is 0 Å². The minimum absolute atomic E-state index is 0.0817. The largest absolute Gasteiger partial charge is 0.481 e. The van der Waals surface area contributed by atoms with Crippen molar-refractivity contribution >= 4 is 17.8 Å². The number of hydrogen-bond acceptors (Lipinski definition) is 3. The molecule has 0 saturated heterocycles. The van der Waals surface area contributed by atoms with Gasteiger partial charge in [-0.1, -0.05) is 32.6 Å².